The number of halogens is 1. The van der Waals surface area contributed by atoms with Crippen LogP contribution >= 0.6 is 11.6 Å². The summed E-state index contributed by atoms with van der Waals surface area (Å²) in [6.45, 7) is 1.91. The number of nitrogens with zero attached hydrogens (tertiary/aromatic N) is 6. The average molecular weight is 425 g/mol. The number of nitro groups is 1. The van der Waals surface area contributed by atoms with Gasteiger partial charge in [0.15, 0.2) is 5.82 Å². The standard InChI is InChI=1S/C20H17ClN6O3/c21-15-3-5-18(27(29)30)16(12-15)20(28)26-10-8-25(9-11-26)19-6-4-17(23-24-19)14-2-1-7-22-13-14/h1-7,12-13H,8-11H2. The first-order valence-corrected chi connectivity index (χ1v) is 9.63. The normalized spacial score (nSPS) is 13.9. The maximum Gasteiger partial charge on any atom is 0.282 e. The molecule has 3 aromatic rings. The highest BCUT2D eigenvalue weighted by Gasteiger charge is 2.28. The minimum atomic E-state index is -0.570. The number of nitro benzene ring substituents is 1. The Kier molecular flexibility index (Phi) is 5.53. The zero-order valence-electron chi connectivity index (χ0n) is 15.8. The van der Waals surface area contributed by atoms with Gasteiger partial charge < -0.3 is 9.80 Å². The van der Waals surface area contributed by atoms with E-state index in [-0.39, 0.29) is 16.3 Å². The summed E-state index contributed by atoms with van der Waals surface area (Å²) in [5.41, 5.74) is 1.37. The smallest absolute Gasteiger partial charge is 0.282 e. The zero-order valence-corrected chi connectivity index (χ0v) is 16.6. The molecule has 1 amide bonds. The van der Waals surface area contributed by atoms with Crippen LogP contribution in [0.25, 0.3) is 11.3 Å². The van der Waals surface area contributed by atoms with E-state index >= 15 is 0 Å². The topological polar surface area (TPSA) is 105 Å². The molecule has 9 nitrogen and oxygen atoms in total. The van der Waals surface area contributed by atoms with Gasteiger partial charge in [0.05, 0.1) is 10.6 Å². The molecule has 0 atom stereocenters. The van der Waals surface area contributed by atoms with E-state index < -0.39 is 10.8 Å². The van der Waals surface area contributed by atoms with Crippen LogP contribution in [0.2, 0.25) is 5.02 Å². The molecule has 1 saturated heterocycles. The number of aromatic nitrogens is 3. The molecule has 0 aliphatic carbocycles. The molecule has 1 aliphatic heterocycles. The molecule has 0 radical (unpaired) electrons. The van der Waals surface area contributed by atoms with Gasteiger partial charge in [-0.2, -0.15) is 0 Å². The van der Waals surface area contributed by atoms with Crippen LogP contribution in [0.4, 0.5) is 11.5 Å². The molecule has 30 heavy (non-hydrogen) atoms. The van der Waals surface area contributed by atoms with Gasteiger partial charge in [-0.15, -0.1) is 10.2 Å². The molecule has 1 fully saturated rings. The number of anilines is 1. The van der Waals surface area contributed by atoms with E-state index in [0.717, 1.165) is 11.3 Å². The van der Waals surface area contributed by atoms with Crippen LogP contribution in [0.5, 0.6) is 0 Å². The molecule has 10 heteroatoms. The lowest BCUT2D eigenvalue weighted by atomic mass is 10.1. The fourth-order valence-electron chi connectivity index (χ4n) is 3.31. The Morgan fingerprint density at radius 3 is 2.50 bits per heavy atom. The number of pyridine rings is 1. The second kappa shape index (κ2) is 8.42. The van der Waals surface area contributed by atoms with Crippen LogP contribution in [0.15, 0.2) is 54.9 Å². The van der Waals surface area contributed by atoms with Gasteiger partial charge in [-0.25, -0.2) is 0 Å². The molecule has 1 aliphatic rings. The van der Waals surface area contributed by atoms with Crippen LogP contribution < -0.4 is 4.90 Å². The van der Waals surface area contributed by atoms with Gasteiger partial charge in [0, 0.05) is 55.2 Å². The van der Waals surface area contributed by atoms with Gasteiger partial charge in [-0.05, 0) is 36.4 Å². The molecule has 0 spiro atoms. The van der Waals surface area contributed by atoms with E-state index in [4.69, 9.17) is 11.6 Å². The molecule has 1 aromatic carbocycles. The van der Waals surface area contributed by atoms with Crippen LogP contribution in [-0.2, 0) is 0 Å². The van der Waals surface area contributed by atoms with E-state index in [9.17, 15) is 14.9 Å². The van der Waals surface area contributed by atoms with Crippen molar-refractivity contribution in [2.45, 2.75) is 0 Å². The summed E-state index contributed by atoms with van der Waals surface area (Å²) in [5.74, 6) is 0.310. The number of benzene rings is 1. The summed E-state index contributed by atoms with van der Waals surface area (Å²) in [5, 5.41) is 20.1. The van der Waals surface area contributed by atoms with Gasteiger partial charge in [0.1, 0.15) is 5.56 Å². The summed E-state index contributed by atoms with van der Waals surface area (Å²) in [6, 6.07) is 11.5. The van der Waals surface area contributed by atoms with Crippen molar-refractivity contribution in [3.8, 4) is 11.3 Å². The largest absolute Gasteiger partial charge is 0.352 e. The molecule has 0 bridgehead atoms. The average Bonchev–Trinajstić information content (AvgIpc) is 2.79. The summed E-state index contributed by atoms with van der Waals surface area (Å²) in [4.78, 5) is 31.2. The third-order valence-corrected chi connectivity index (χ3v) is 5.12. The summed E-state index contributed by atoms with van der Waals surface area (Å²) < 4.78 is 0. The zero-order chi connectivity index (χ0) is 21.1. The molecule has 0 N–H and O–H groups in total. The maximum atomic E-state index is 12.8. The number of amides is 1. The first-order valence-electron chi connectivity index (χ1n) is 9.25. The van der Waals surface area contributed by atoms with Crippen molar-refractivity contribution in [1.82, 2.24) is 20.1 Å². The number of hydrogen-bond acceptors (Lipinski definition) is 7. The fraction of sp³-hybridized carbons (Fsp3) is 0.200. The Bertz CT molecular complexity index is 1070. The van der Waals surface area contributed by atoms with E-state index in [0.29, 0.717) is 32.0 Å². The quantitative estimate of drug-likeness (QED) is 0.468. The molecule has 4 rings (SSSR count). The maximum absolute atomic E-state index is 12.8. The van der Waals surface area contributed by atoms with Crippen molar-refractivity contribution < 1.29 is 9.72 Å². The monoisotopic (exact) mass is 424 g/mol. The van der Waals surface area contributed by atoms with Gasteiger partial charge in [0.25, 0.3) is 11.6 Å². The van der Waals surface area contributed by atoms with Crippen LogP contribution in [0.3, 0.4) is 0 Å². The predicted octanol–water partition coefficient (Wildman–Crippen LogP) is 3.06. The van der Waals surface area contributed by atoms with Gasteiger partial charge in [-0.1, -0.05) is 11.6 Å². The van der Waals surface area contributed by atoms with Crippen LogP contribution in [-0.4, -0.2) is 57.1 Å². The first-order chi connectivity index (χ1) is 14.5. The summed E-state index contributed by atoms with van der Waals surface area (Å²) in [7, 11) is 0. The summed E-state index contributed by atoms with van der Waals surface area (Å²) >= 11 is 5.94. The minimum absolute atomic E-state index is 0.00145. The highest BCUT2D eigenvalue weighted by atomic mass is 35.5. The number of piperazine rings is 1. The molecular formula is C20H17ClN6O3. The van der Waals surface area contributed by atoms with Gasteiger partial charge in [0.2, 0.25) is 0 Å². The lowest BCUT2D eigenvalue weighted by molar-refractivity contribution is -0.385. The van der Waals surface area contributed by atoms with Crippen molar-refractivity contribution >= 4 is 29.0 Å². The minimum Gasteiger partial charge on any atom is -0.352 e. The number of carbonyl (C=O) groups excluding carboxylic acids is 1. The number of carbonyl (C=O) groups is 1. The van der Waals surface area contributed by atoms with Gasteiger partial charge >= 0.3 is 0 Å². The Morgan fingerprint density at radius 2 is 1.87 bits per heavy atom. The fourth-order valence-corrected chi connectivity index (χ4v) is 3.48. The second-order valence-electron chi connectivity index (χ2n) is 6.72. The Balaban J connectivity index is 1.44. The lowest BCUT2D eigenvalue weighted by Crippen LogP contribution is -2.49. The highest BCUT2D eigenvalue weighted by molar-refractivity contribution is 6.31. The molecular weight excluding hydrogens is 408 g/mol. The van der Waals surface area contributed by atoms with Gasteiger partial charge in [-0.3, -0.25) is 19.9 Å². The van der Waals surface area contributed by atoms with Crippen molar-refractivity contribution in [3.63, 3.8) is 0 Å². The third kappa shape index (κ3) is 4.06. The molecule has 2 aromatic heterocycles. The lowest BCUT2D eigenvalue weighted by Gasteiger charge is -2.35. The van der Waals surface area contributed by atoms with Crippen molar-refractivity contribution in [1.29, 1.82) is 0 Å². The van der Waals surface area contributed by atoms with E-state index in [2.05, 4.69) is 15.2 Å². The molecule has 0 unspecified atom stereocenters. The first kappa shape index (κ1) is 19.7. The molecule has 152 valence electrons. The molecule has 3 heterocycles. The summed E-state index contributed by atoms with van der Waals surface area (Å²) in [6.07, 6.45) is 3.42. The van der Waals surface area contributed by atoms with Crippen LogP contribution in [0.1, 0.15) is 10.4 Å². The Labute approximate surface area is 177 Å². The van der Waals surface area contributed by atoms with Crippen molar-refractivity contribution in [2.75, 3.05) is 31.1 Å². The highest BCUT2D eigenvalue weighted by Crippen LogP contribution is 2.25. The van der Waals surface area contributed by atoms with Crippen molar-refractivity contribution in [3.05, 3.63) is 75.6 Å². The molecule has 0 saturated carbocycles. The van der Waals surface area contributed by atoms with Crippen LogP contribution in [0, 0.1) is 10.1 Å². The predicted molar refractivity (Wildman–Crippen MR) is 111 cm³/mol. The number of hydrogen-bond donors (Lipinski definition) is 0. The third-order valence-electron chi connectivity index (χ3n) is 4.88. The second-order valence-corrected chi connectivity index (χ2v) is 7.15. The number of rotatable bonds is 4. The SMILES string of the molecule is O=C(c1cc(Cl)ccc1[N+](=O)[O-])N1CCN(c2ccc(-c3cccnc3)nn2)CC1. The van der Waals surface area contributed by atoms with Crippen molar-refractivity contribution in [2.24, 2.45) is 0 Å². The Hall–Kier alpha value is -3.59. The van der Waals surface area contributed by atoms with E-state index in [1.165, 1.54) is 18.2 Å². The Morgan fingerprint density at radius 1 is 1.07 bits per heavy atom. The van der Waals surface area contributed by atoms with E-state index in [1.54, 1.807) is 17.3 Å². The van der Waals surface area contributed by atoms with E-state index in [1.807, 2.05) is 29.2 Å².